The van der Waals surface area contributed by atoms with Gasteiger partial charge in [-0.2, -0.15) is 0 Å². The molecule has 0 spiro atoms. The topological polar surface area (TPSA) is 22.1 Å². The van der Waals surface area contributed by atoms with E-state index in [1.54, 1.807) is 0 Å². The van der Waals surface area contributed by atoms with Crippen LogP contribution in [0.5, 0.6) is 5.75 Å². The fourth-order valence-corrected chi connectivity index (χ4v) is 1.40. The molecule has 2 nitrogen and oxygen atoms in total. The second-order valence-corrected chi connectivity index (χ2v) is 3.86. The highest BCUT2D eigenvalue weighted by Crippen LogP contribution is 2.30. The Labute approximate surface area is 78.9 Å². The molecule has 0 atom stereocenters. The Morgan fingerprint density at radius 2 is 1.92 bits per heavy atom. The molecule has 0 unspecified atom stereocenters. The van der Waals surface area contributed by atoms with Crippen LogP contribution in [-0.4, -0.2) is 11.6 Å². The molecule has 0 amide bonds. The number of hydrogen-bond acceptors (Lipinski definition) is 2. The normalized spacial score (nSPS) is 15.8. The molecule has 13 heavy (non-hydrogen) atoms. The Hall–Kier alpha value is -1.05. The van der Waals surface area contributed by atoms with Gasteiger partial charge < -0.3 is 4.74 Å². The quantitative estimate of drug-likeness (QED) is 0.707. The summed E-state index contributed by atoms with van der Waals surface area (Å²) in [4.78, 5) is 4.11. The van der Waals surface area contributed by atoms with Gasteiger partial charge in [-0.15, -0.1) is 0 Å². The minimum absolute atomic E-state index is 0.812. The van der Waals surface area contributed by atoms with Crippen molar-refractivity contribution in [1.82, 2.24) is 4.98 Å². The van der Waals surface area contributed by atoms with E-state index in [0.717, 1.165) is 29.4 Å². The van der Waals surface area contributed by atoms with Crippen LogP contribution in [0, 0.1) is 19.8 Å². The van der Waals surface area contributed by atoms with Gasteiger partial charge in [-0.05, 0) is 32.6 Å². The Kier molecular flexibility index (Phi) is 2.21. The number of nitrogens with zero attached hydrogens (tertiary/aromatic N) is 1. The molecule has 0 N–H and O–H groups in total. The average molecular weight is 177 g/mol. The first-order valence-corrected chi connectivity index (χ1v) is 4.81. The van der Waals surface area contributed by atoms with Gasteiger partial charge in [0, 0.05) is 23.5 Å². The van der Waals surface area contributed by atoms with E-state index in [4.69, 9.17) is 4.74 Å². The summed E-state index contributed by atoms with van der Waals surface area (Å²) < 4.78 is 5.75. The zero-order chi connectivity index (χ0) is 9.26. The molecule has 0 bridgehead atoms. The van der Waals surface area contributed by atoms with Crippen LogP contribution in [-0.2, 0) is 0 Å². The number of pyridine rings is 1. The van der Waals surface area contributed by atoms with Gasteiger partial charge in [-0.3, -0.25) is 4.98 Å². The third-order valence-corrected chi connectivity index (χ3v) is 2.41. The summed E-state index contributed by atoms with van der Waals surface area (Å²) in [7, 11) is 0. The fraction of sp³-hybridized carbons (Fsp3) is 0.545. The molecule has 1 aliphatic carbocycles. The molecule has 1 saturated carbocycles. The Morgan fingerprint density at radius 1 is 1.31 bits per heavy atom. The molecule has 1 aromatic heterocycles. The molecular formula is C11H15NO. The minimum Gasteiger partial charge on any atom is -0.493 e. The van der Waals surface area contributed by atoms with Crippen molar-refractivity contribution >= 4 is 0 Å². The van der Waals surface area contributed by atoms with Crippen LogP contribution in [0.3, 0.4) is 0 Å². The van der Waals surface area contributed by atoms with Crippen LogP contribution in [0.25, 0.3) is 0 Å². The Morgan fingerprint density at radius 3 is 2.46 bits per heavy atom. The lowest BCUT2D eigenvalue weighted by atomic mass is 10.2. The third kappa shape index (κ3) is 2.00. The van der Waals surface area contributed by atoms with Crippen LogP contribution in [0.2, 0.25) is 0 Å². The molecule has 1 aliphatic rings. The Balaban J connectivity index is 2.07. The van der Waals surface area contributed by atoms with E-state index in [-0.39, 0.29) is 0 Å². The summed E-state index contributed by atoms with van der Waals surface area (Å²) in [5, 5.41) is 0. The van der Waals surface area contributed by atoms with E-state index >= 15 is 0 Å². The van der Waals surface area contributed by atoms with Crippen molar-refractivity contribution < 1.29 is 4.74 Å². The second-order valence-electron chi connectivity index (χ2n) is 3.86. The van der Waals surface area contributed by atoms with Crippen molar-refractivity contribution in [3.63, 3.8) is 0 Å². The van der Waals surface area contributed by atoms with Crippen LogP contribution >= 0.6 is 0 Å². The van der Waals surface area contributed by atoms with E-state index in [0.29, 0.717) is 0 Å². The lowest BCUT2D eigenvalue weighted by Gasteiger charge is -2.10. The third-order valence-electron chi connectivity index (χ3n) is 2.41. The maximum atomic E-state index is 5.75. The smallest absolute Gasteiger partial charge is 0.128 e. The molecule has 2 rings (SSSR count). The van der Waals surface area contributed by atoms with E-state index in [1.165, 1.54) is 12.8 Å². The summed E-state index contributed by atoms with van der Waals surface area (Å²) >= 11 is 0. The van der Waals surface area contributed by atoms with Gasteiger partial charge in [-0.1, -0.05) is 0 Å². The number of ether oxygens (including phenoxy) is 1. The fourth-order valence-electron chi connectivity index (χ4n) is 1.40. The van der Waals surface area contributed by atoms with Gasteiger partial charge in [0.15, 0.2) is 0 Å². The van der Waals surface area contributed by atoms with E-state index in [1.807, 2.05) is 26.2 Å². The largest absolute Gasteiger partial charge is 0.493 e. The highest BCUT2D eigenvalue weighted by molar-refractivity contribution is 5.36. The summed E-state index contributed by atoms with van der Waals surface area (Å²) in [6, 6.07) is 0. The molecule has 0 aliphatic heterocycles. The maximum Gasteiger partial charge on any atom is 0.128 e. The highest BCUT2D eigenvalue weighted by atomic mass is 16.5. The molecule has 0 radical (unpaired) electrons. The molecular weight excluding hydrogens is 162 g/mol. The summed E-state index contributed by atoms with van der Waals surface area (Å²) in [6.07, 6.45) is 6.39. The predicted molar refractivity (Wildman–Crippen MR) is 51.9 cm³/mol. The van der Waals surface area contributed by atoms with Crippen molar-refractivity contribution in [2.75, 3.05) is 6.61 Å². The second kappa shape index (κ2) is 3.36. The number of aryl methyl sites for hydroxylation is 2. The monoisotopic (exact) mass is 177 g/mol. The molecule has 1 heterocycles. The lowest BCUT2D eigenvalue weighted by molar-refractivity contribution is 0.295. The molecule has 1 aromatic rings. The average Bonchev–Trinajstić information content (AvgIpc) is 2.87. The van der Waals surface area contributed by atoms with Gasteiger partial charge in [-0.25, -0.2) is 0 Å². The van der Waals surface area contributed by atoms with E-state index in [2.05, 4.69) is 4.98 Å². The van der Waals surface area contributed by atoms with Gasteiger partial charge in [0.25, 0.3) is 0 Å². The standard InChI is InChI=1S/C11H15NO/c1-8-5-12-6-9(2)11(8)13-7-10-3-4-10/h5-6,10H,3-4,7H2,1-2H3. The minimum atomic E-state index is 0.812. The summed E-state index contributed by atoms with van der Waals surface area (Å²) in [5.74, 6) is 1.84. The summed E-state index contributed by atoms with van der Waals surface area (Å²) in [5.41, 5.74) is 2.28. The van der Waals surface area contributed by atoms with E-state index < -0.39 is 0 Å². The highest BCUT2D eigenvalue weighted by Gasteiger charge is 2.22. The molecule has 1 fully saturated rings. The van der Waals surface area contributed by atoms with Crippen molar-refractivity contribution in [2.45, 2.75) is 26.7 Å². The van der Waals surface area contributed by atoms with Crippen molar-refractivity contribution in [1.29, 1.82) is 0 Å². The first-order chi connectivity index (χ1) is 6.27. The van der Waals surface area contributed by atoms with Gasteiger partial charge in [0.05, 0.1) is 6.61 Å². The van der Waals surface area contributed by atoms with Gasteiger partial charge >= 0.3 is 0 Å². The van der Waals surface area contributed by atoms with Crippen LogP contribution < -0.4 is 4.74 Å². The van der Waals surface area contributed by atoms with Crippen molar-refractivity contribution in [3.8, 4) is 5.75 Å². The first-order valence-electron chi connectivity index (χ1n) is 4.81. The van der Waals surface area contributed by atoms with Crippen molar-refractivity contribution in [2.24, 2.45) is 5.92 Å². The summed E-state index contributed by atoms with van der Waals surface area (Å²) in [6.45, 7) is 4.97. The SMILES string of the molecule is Cc1cncc(C)c1OCC1CC1. The van der Waals surface area contributed by atoms with Crippen molar-refractivity contribution in [3.05, 3.63) is 23.5 Å². The zero-order valence-electron chi connectivity index (χ0n) is 8.21. The van der Waals surface area contributed by atoms with Gasteiger partial charge in [0.2, 0.25) is 0 Å². The zero-order valence-corrected chi connectivity index (χ0v) is 8.21. The van der Waals surface area contributed by atoms with Crippen LogP contribution in [0.1, 0.15) is 24.0 Å². The maximum absolute atomic E-state index is 5.75. The van der Waals surface area contributed by atoms with Gasteiger partial charge in [0.1, 0.15) is 5.75 Å². The first kappa shape index (κ1) is 8.54. The van der Waals surface area contributed by atoms with E-state index in [9.17, 15) is 0 Å². The number of aromatic nitrogens is 1. The number of hydrogen-bond donors (Lipinski definition) is 0. The Bertz CT molecular complexity index is 285. The lowest BCUT2D eigenvalue weighted by Crippen LogP contribution is -2.02. The van der Waals surface area contributed by atoms with Crippen LogP contribution in [0.15, 0.2) is 12.4 Å². The molecule has 2 heteroatoms. The van der Waals surface area contributed by atoms with Crippen LogP contribution in [0.4, 0.5) is 0 Å². The molecule has 0 saturated heterocycles. The molecule has 70 valence electrons. The number of rotatable bonds is 3. The molecule has 0 aromatic carbocycles. The predicted octanol–water partition coefficient (Wildman–Crippen LogP) is 2.49.